The number of aromatic nitrogens is 2. The molecule has 1 aliphatic carbocycles. The first kappa shape index (κ1) is 21.2. The van der Waals surface area contributed by atoms with Crippen LogP contribution < -0.4 is 0 Å². The van der Waals surface area contributed by atoms with Gasteiger partial charge in [0.25, 0.3) is 0 Å². The Kier molecular flexibility index (Phi) is 5.34. The number of esters is 1. The Labute approximate surface area is 195 Å². The topological polar surface area (TPSA) is 67.2 Å². The number of aromatic hydroxyl groups is 1. The molecule has 0 amide bonds. The third-order valence-corrected chi connectivity index (χ3v) is 7.04. The molecule has 0 radical (unpaired) electrons. The molecule has 5 rings (SSSR count). The van der Waals surface area contributed by atoms with Crippen LogP contribution in [0.15, 0.2) is 24.3 Å². The minimum absolute atomic E-state index is 0.147. The summed E-state index contributed by atoms with van der Waals surface area (Å²) in [5, 5.41) is 13.7. The summed E-state index contributed by atoms with van der Waals surface area (Å²) in [4.78, 5) is 16.4. The van der Waals surface area contributed by atoms with Crippen molar-refractivity contribution < 1.29 is 14.6 Å². The van der Waals surface area contributed by atoms with Crippen molar-refractivity contribution in [1.29, 1.82) is 0 Å². The summed E-state index contributed by atoms with van der Waals surface area (Å²) in [6.07, 6.45) is 4.12. The van der Waals surface area contributed by atoms with Gasteiger partial charge >= 0.3 is 5.97 Å². The number of benzene rings is 2. The van der Waals surface area contributed by atoms with E-state index in [1.165, 1.54) is 11.3 Å². The Balaban J connectivity index is 1.86. The van der Waals surface area contributed by atoms with Crippen LogP contribution in [0.5, 0.6) is 5.75 Å². The molecular formula is C25H24Cl2N2O3. The molecule has 2 heterocycles. The number of nitrogens with zero attached hydrogens (tertiary/aromatic N) is 1. The van der Waals surface area contributed by atoms with Gasteiger partial charge in [0.05, 0.1) is 23.2 Å². The zero-order chi connectivity index (χ0) is 22.6. The largest absolute Gasteiger partial charge is 0.506 e. The van der Waals surface area contributed by atoms with E-state index in [9.17, 15) is 9.90 Å². The lowest BCUT2D eigenvalue weighted by Gasteiger charge is -2.14. The van der Waals surface area contributed by atoms with E-state index in [0.717, 1.165) is 53.4 Å². The maximum Gasteiger partial charge on any atom is 0.340 e. The Morgan fingerprint density at radius 2 is 2.00 bits per heavy atom. The first-order valence-electron chi connectivity index (χ1n) is 10.9. The van der Waals surface area contributed by atoms with Crippen molar-refractivity contribution in [2.24, 2.45) is 0 Å². The Bertz CT molecular complexity index is 1380. The zero-order valence-electron chi connectivity index (χ0n) is 18.0. The van der Waals surface area contributed by atoms with Gasteiger partial charge < -0.3 is 19.4 Å². The molecule has 0 aliphatic heterocycles. The average Bonchev–Trinajstić information content (AvgIpc) is 3.26. The number of halogens is 2. The van der Waals surface area contributed by atoms with Crippen molar-refractivity contribution in [3.05, 3.63) is 62.4 Å². The smallest absolute Gasteiger partial charge is 0.340 e. The lowest BCUT2D eigenvalue weighted by molar-refractivity contribution is 0.0527. The summed E-state index contributed by atoms with van der Waals surface area (Å²) in [7, 11) is 0. The van der Waals surface area contributed by atoms with Crippen LogP contribution in [0.25, 0.3) is 21.8 Å². The highest BCUT2D eigenvalue weighted by molar-refractivity contribution is 6.35. The molecule has 32 heavy (non-hydrogen) atoms. The van der Waals surface area contributed by atoms with Crippen LogP contribution in [0.2, 0.25) is 10.0 Å². The second-order valence-corrected chi connectivity index (χ2v) is 9.18. The number of aryl methyl sites for hydroxylation is 2. The van der Waals surface area contributed by atoms with Gasteiger partial charge in [0.2, 0.25) is 0 Å². The van der Waals surface area contributed by atoms with Crippen LogP contribution in [-0.2, 0) is 24.1 Å². The highest BCUT2D eigenvalue weighted by atomic mass is 35.5. The second kappa shape index (κ2) is 8.05. The van der Waals surface area contributed by atoms with Crippen molar-refractivity contribution >= 4 is 51.0 Å². The molecule has 2 aromatic heterocycles. The molecule has 0 saturated heterocycles. The number of fused-ring (bicyclic) bond motifs is 5. The van der Waals surface area contributed by atoms with Gasteiger partial charge in [-0.2, -0.15) is 0 Å². The second-order valence-electron chi connectivity index (χ2n) is 8.33. The number of ether oxygens (including phenoxy) is 1. The van der Waals surface area contributed by atoms with Gasteiger partial charge in [0, 0.05) is 38.8 Å². The van der Waals surface area contributed by atoms with E-state index in [0.29, 0.717) is 27.5 Å². The van der Waals surface area contributed by atoms with Crippen molar-refractivity contribution in [3.63, 3.8) is 0 Å². The molecule has 0 atom stereocenters. The monoisotopic (exact) mass is 470 g/mol. The van der Waals surface area contributed by atoms with E-state index >= 15 is 0 Å². The third-order valence-electron chi connectivity index (χ3n) is 6.45. The summed E-state index contributed by atoms with van der Waals surface area (Å²) in [6, 6.07) is 7.13. The predicted octanol–water partition coefficient (Wildman–Crippen LogP) is 6.55. The lowest BCUT2D eigenvalue weighted by Crippen LogP contribution is -2.08. The number of nitrogens with one attached hydrogen (secondary N) is 1. The number of hydrogen-bond acceptors (Lipinski definition) is 3. The van der Waals surface area contributed by atoms with Crippen molar-refractivity contribution in [1.82, 2.24) is 9.55 Å². The lowest BCUT2D eigenvalue weighted by atomic mass is 9.94. The van der Waals surface area contributed by atoms with Crippen molar-refractivity contribution in [2.45, 2.75) is 46.1 Å². The number of aromatic amines is 1. The number of hydrogen-bond donors (Lipinski definition) is 2. The Morgan fingerprint density at radius 1 is 1.22 bits per heavy atom. The molecule has 166 valence electrons. The van der Waals surface area contributed by atoms with E-state index in [1.807, 2.05) is 19.1 Å². The summed E-state index contributed by atoms with van der Waals surface area (Å²) in [6.45, 7) is 4.45. The van der Waals surface area contributed by atoms with Gasteiger partial charge in [-0.15, -0.1) is 0 Å². The average molecular weight is 471 g/mol. The van der Waals surface area contributed by atoms with Crippen LogP contribution >= 0.6 is 23.2 Å². The molecule has 2 N–H and O–H groups in total. The Morgan fingerprint density at radius 3 is 2.75 bits per heavy atom. The minimum atomic E-state index is -0.390. The molecular weight excluding hydrogens is 447 g/mol. The van der Waals surface area contributed by atoms with E-state index < -0.39 is 0 Å². The maximum atomic E-state index is 13.0. The van der Waals surface area contributed by atoms with Gasteiger partial charge in [-0.1, -0.05) is 29.3 Å². The van der Waals surface area contributed by atoms with Crippen LogP contribution in [0.3, 0.4) is 0 Å². The van der Waals surface area contributed by atoms with Gasteiger partial charge in [-0.25, -0.2) is 4.79 Å². The first-order valence-corrected chi connectivity index (χ1v) is 11.7. The first-order chi connectivity index (χ1) is 15.4. The van der Waals surface area contributed by atoms with Gasteiger partial charge in [0.1, 0.15) is 5.75 Å². The zero-order valence-corrected chi connectivity index (χ0v) is 19.5. The van der Waals surface area contributed by atoms with Crippen molar-refractivity contribution in [2.75, 3.05) is 6.61 Å². The molecule has 0 saturated carbocycles. The third kappa shape index (κ3) is 3.26. The molecule has 4 aromatic rings. The highest BCUT2D eigenvalue weighted by Crippen LogP contribution is 2.42. The molecule has 0 bridgehead atoms. The molecule has 0 fully saturated rings. The standard InChI is InChI=1S/C25H24Cl2N2O3/c1-3-32-25(31)21-13(2)29(12-14-8-9-15(26)10-18(14)27)24-17(21)11-20(30)23-22(24)16-6-4-5-7-19(16)28-23/h8-11,28,30H,3-7,12H2,1-2H3. The summed E-state index contributed by atoms with van der Waals surface area (Å²) in [5.41, 5.74) is 6.20. The number of carbonyl (C=O) groups excluding carboxylic acids is 1. The summed E-state index contributed by atoms with van der Waals surface area (Å²) < 4.78 is 7.49. The number of carbonyl (C=O) groups is 1. The summed E-state index contributed by atoms with van der Waals surface area (Å²) >= 11 is 12.6. The molecule has 1 aliphatic rings. The minimum Gasteiger partial charge on any atom is -0.506 e. The summed E-state index contributed by atoms with van der Waals surface area (Å²) in [5.74, 6) is -0.242. The number of phenols is 1. The number of H-pyrrole nitrogens is 1. The van der Waals surface area contributed by atoms with Gasteiger partial charge in [-0.3, -0.25) is 0 Å². The molecule has 0 spiro atoms. The van der Waals surface area contributed by atoms with E-state index in [1.54, 1.807) is 19.1 Å². The van der Waals surface area contributed by atoms with Gasteiger partial charge in [-0.05, 0) is 68.9 Å². The van der Waals surface area contributed by atoms with Gasteiger partial charge in [0.15, 0.2) is 0 Å². The fraction of sp³-hybridized carbons (Fsp3) is 0.320. The molecule has 7 heteroatoms. The fourth-order valence-electron chi connectivity index (χ4n) is 5.00. The maximum absolute atomic E-state index is 13.0. The van der Waals surface area contributed by atoms with E-state index in [4.69, 9.17) is 27.9 Å². The van der Waals surface area contributed by atoms with E-state index in [2.05, 4.69) is 9.55 Å². The number of rotatable bonds is 4. The quantitative estimate of drug-likeness (QED) is 0.332. The predicted molar refractivity (Wildman–Crippen MR) is 128 cm³/mol. The fourth-order valence-corrected chi connectivity index (χ4v) is 5.46. The molecule has 0 unspecified atom stereocenters. The molecule has 5 nitrogen and oxygen atoms in total. The van der Waals surface area contributed by atoms with Crippen molar-refractivity contribution in [3.8, 4) is 5.75 Å². The van der Waals surface area contributed by atoms with E-state index in [-0.39, 0.29) is 18.3 Å². The molecule has 2 aromatic carbocycles. The van der Waals surface area contributed by atoms with Crippen LogP contribution in [0, 0.1) is 6.92 Å². The van der Waals surface area contributed by atoms with Crippen LogP contribution in [0.4, 0.5) is 0 Å². The SMILES string of the molecule is CCOC(=O)c1c(C)n(Cc2ccc(Cl)cc2Cl)c2c1cc(O)c1[nH]c3c(c12)CCCC3. The normalized spacial score (nSPS) is 13.6. The highest BCUT2D eigenvalue weighted by Gasteiger charge is 2.28. The van der Waals surface area contributed by atoms with Crippen LogP contribution in [-0.4, -0.2) is 27.2 Å². The number of phenolic OH excluding ortho intramolecular Hbond substituents is 1. The van der Waals surface area contributed by atoms with Crippen LogP contribution in [0.1, 0.15) is 52.6 Å². The Hall–Kier alpha value is -2.63.